The van der Waals surface area contributed by atoms with Crippen molar-refractivity contribution >= 4 is 22.7 Å². The van der Waals surface area contributed by atoms with E-state index in [2.05, 4.69) is 0 Å². The summed E-state index contributed by atoms with van der Waals surface area (Å²) >= 11 is 0. The Morgan fingerprint density at radius 3 is 2.55 bits per heavy atom. The van der Waals surface area contributed by atoms with Crippen LogP contribution >= 0.6 is 0 Å². The van der Waals surface area contributed by atoms with Crippen LogP contribution in [-0.2, 0) is 15.6 Å². The van der Waals surface area contributed by atoms with E-state index in [-0.39, 0.29) is 28.2 Å². The number of rotatable bonds is 6. The summed E-state index contributed by atoms with van der Waals surface area (Å²) in [4.78, 5) is 25.1. The van der Waals surface area contributed by atoms with Crippen molar-refractivity contribution in [2.75, 3.05) is 12.3 Å². The lowest BCUT2D eigenvalue weighted by molar-refractivity contribution is -0.128. The minimum Gasteiger partial charge on any atom is -0.478 e. The van der Waals surface area contributed by atoms with Crippen molar-refractivity contribution in [3.63, 3.8) is 0 Å². The molecular weight excluding hydrogens is 278 g/mol. The predicted molar refractivity (Wildman–Crippen MR) is 75.1 cm³/mol. The van der Waals surface area contributed by atoms with E-state index in [9.17, 15) is 13.8 Å². The fourth-order valence-electron chi connectivity index (χ4n) is 2.14. The summed E-state index contributed by atoms with van der Waals surface area (Å²) in [5.74, 6) is -1.46. The molecule has 1 saturated carbocycles. The standard InChI is InChI=1S/C14H17NO4S/c1-2-15(10-7-8-10)13(16)9-20(19)12-6-4-3-5-11(12)14(17)18/h3-6,10H,2,7-9H2,1H3,(H,17,18). The molecule has 1 aromatic rings. The van der Waals surface area contributed by atoms with Gasteiger partial charge in [-0.25, -0.2) is 4.79 Å². The first kappa shape index (κ1) is 14.7. The summed E-state index contributed by atoms with van der Waals surface area (Å²) in [6.07, 6.45) is 2.00. The van der Waals surface area contributed by atoms with E-state index in [1.165, 1.54) is 12.1 Å². The summed E-state index contributed by atoms with van der Waals surface area (Å²) < 4.78 is 12.2. The molecule has 1 atom stereocenters. The maximum atomic E-state index is 12.2. The number of carbonyl (C=O) groups is 2. The second-order valence-corrected chi connectivity index (χ2v) is 6.12. The van der Waals surface area contributed by atoms with E-state index in [1.54, 1.807) is 17.0 Å². The number of carboxylic acids is 1. The van der Waals surface area contributed by atoms with Crippen LogP contribution in [0.5, 0.6) is 0 Å². The highest BCUT2D eigenvalue weighted by Gasteiger charge is 2.32. The van der Waals surface area contributed by atoms with E-state index in [0.29, 0.717) is 6.54 Å². The fourth-order valence-corrected chi connectivity index (χ4v) is 3.32. The van der Waals surface area contributed by atoms with Crippen LogP contribution in [0, 0.1) is 0 Å². The minimum atomic E-state index is -1.63. The zero-order valence-electron chi connectivity index (χ0n) is 11.2. The molecule has 0 radical (unpaired) electrons. The molecule has 5 nitrogen and oxygen atoms in total. The SMILES string of the molecule is CCN(C(=O)CS(=O)c1ccccc1C(=O)O)C1CC1. The van der Waals surface area contributed by atoms with Crippen molar-refractivity contribution in [3.8, 4) is 0 Å². The van der Waals surface area contributed by atoms with E-state index < -0.39 is 16.8 Å². The van der Waals surface area contributed by atoms with Gasteiger partial charge < -0.3 is 10.0 Å². The Morgan fingerprint density at radius 1 is 1.35 bits per heavy atom. The highest BCUT2D eigenvalue weighted by atomic mass is 32.2. The lowest BCUT2D eigenvalue weighted by Gasteiger charge is -2.20. The van der Waals surface area contributed by atoms with Gasteiger partial charge in [0.15, 0.2) is 0 Å². The first-order valence-electron chi connectivity index (χ1n) is 6.54. The lowest BCUT2D eigenvalue weighted by Crippen LogP contribution is -2.36. The molecular formula is C14H17NO4S. The van der Waals surface area contributed by atoms with Gasteiger partial charge in [0.05, 0.1) is 21.3 Å². The van der Waals surface area contributed by atoms with Crippen LogP contribution in [0.4, 0.5) is 0 Å². The number of benzene rings is 1. The molecule has 20 heavy (non-hydrogen) atoms. The van der Waals surface area contributed by atoms with E-state index in [4.69, 9.17) is 5.11 Å². The number of amides is 1. The molecule has 6 heteroatoms. The quantitative estimate of drug-likeness (QED) is 0.863. The highest BCUT2D eigenvalue weighted by Crippen LogP contribution is 2.27. The number of hydrogen-bond acceptors (Lipinski definition) is 3. The third-order valence-electron chi connectivity index (χ3n) is 3.27. The third-order valence-corrected chi connectivity index (χ3v) is 4.62. The Balaban J connectivity index is 2.12. The Kier molecular flexibility index (Phi) is 4.54. The van der Waals surface area contributed by atoms with Gasteiger partial charge in [0, 0.05) is 12.6 Å². The average molecular weight is 295 g/mol. The number of carboxylic acid groups (broad SMARTS) is 1. The van der Waals surface area contributed by atoms with Crippen LogP contribution in [0.25, 0.3) is 0 Å². The summed E-state index contributed by atoms with van der Waals surface area (Å²) in [5, 5.41) is 9.07. The Hall–Kier alpha value is -1.69. The Morgan fingerprint density at radius 2 is 2.00 bits per heavy atom. The van der Waals surface area contributed by atoms with Gasteiger partial charge in [-0.3, -0.25) is 9.00 Å². The smallest absolute Gasteiger partial charge is 0.336 e. The van der Waals surface area contributed by atoms with Gasteiger partial charge in [-0.1, -0.05) is 12.1 Å². The van der Waals surface area contributed by atoms with Gasteiger partial charge in [0.1, 0.15) is 5.75 Å². The average Bonchev–Trinajstić information content (AvgIpc) is 3.24. The van der Waals surface area contributed by atoms with Gasteiger partial charge >= 0.3 is 5.97 Å². The first-order valence-corrected chi connectivity index (χ1v) is 7.86. The lowest BCUT2D eigenvalue weighted by atomic mass is 10.2. The van der Waals surface area contributed by atoms with Crippen LogP contribution < -0.4 is 0 Å². The van der Waals surface area contributed by atoms with Crippen LogP contribution in [0.2, 0.25) is 0 Å². The molecule has 0 heterocycles. The molecule has 108 valence electrons. The van der Waals surface area contributed by atoms with Gasteiger partial charge in [0.25, 0.3) is 0 Å². The van der Waals surface area contributed by atoms with Crippen molar-refractivity contribution in [2.24, 2.45) is 0 Å². The molecule has 0 spiro atoms. The first-order chi connectivity index (χ1) is 9.54. The van der Waals surface area contributed by atoms with E-state index in [0.717, 1.165) is 12.8 Å². The van der Waals surface area contributed by atoms with Gasteiger partial charge in [-0.2, -0.15) is 0 Å². The van der Waals surface area contributed by atoms with Gasteiger partial charge in [0.2, 0.25) is 5.91 Å². The third kappa shape index (κ3) is 3.25. The molecule has 1 N–H and O–H groups in total. The fraction of sp³-hybridized carbons (Fsp3) is 0.429. The van der Waals surface area contributed by atoms with E-state index in [1.807, 2.05) is 6.92 Å². The minimum absolute atomic E-state index is 0.00639. The predicted octanol–water partition coefficient (Wildman–Crippen LogP) is 1.50. The van der Waals surface area contributed by atoms with Crippen LogP contribution in [0.3, 0.4) is 0 Å². The molecule has 1 fully saturated rings. The molecule has 1 amide bonds. The zero-order chi connectivity index (χ0) is 14.7. The molecule has 0 bridgehead atoms. The summed E-state index contributed by atoms with van der Waals surface area (Å²) in [6.45, 7) is 2.49. The van der Waals surface area contributed by atoms with Crippen molar-refractivity contribution in [1.29, 1.82) is 0 Å². The largest absolute Gasteiger partial charge is 0.478 e. The second-order valence-electron chi connectivity index (χ2n) is 4.70. The molecule has 0 saturated heterocycles. The van der Waals surface area contributed by atoms with Gasteiger partial charge in [-0.05, 0) is 31.9 Å². The second kappa shape index (κ2) is 6.17. The van der Waals surface area contributed by atoms with Gasteiger partial charge in [-0.15, -0.1) is 0 Å². The summed E-state index contributed by atoms with van der Waals surface area (Å²) in [7, 11) is -1.63. The number of aromatic carboxylic acids is 1. The summed E-state index contributed by atoms with van der Waals surface area (Å²) in [5.41, 5.74) is -0.00639. The van der Waals surface area contributed by atoms with E-state index >= 15 is 0 Å². The van der Waals surface area contributed by atoms with Crippen LogP contribution in [0.1, 0.15) is 30.1 Å². The van der Waals surface area contributed by atoms with Crippen molar-refractivity contribution in [2.45, 2.75) is 30.7 Å². The molecule has 1 aliphatic carbocycles. The Bertz CT molecular complexity index is 554. The number of nitrogens with zero attached hydrogens (tertiary/aromatic N) is 1. The topological polar surface area (TPSA) is 74.7 Å². The normalized spacial score (nSPS) is 15.7. The molecule has 1 unspecified atom stereocenters. The maximum absolute atomic E-state index is 12.2. The molecule has 0 aromatic heterocycles. The zero-order valence-corrected chi connectivity index (χ0v) is 12.1. The Labute approximate surface area is 120 Å². The number of hydrogen-bond donors (Lipinski definition) is 1. The van der Waals surface area contributed by atoms with Crippen molar-refractivity contribution in [1.82, 2.24) is 4.90 Å². The van der Waals surface area contributed by atoms with Crippen LogP contribution in [0.15, 0.2) is 29.2 Å². The monoisotopic (exact) mass is 295 g/mol. The molecule has 1 aromatic carbocycles. The highest BCUT2D eigenvalue weighted by molar-refractivity contribution is 7.85. The van der Waals surface area contributed by atoms with Crippen molar-refractivity contribution in [3.05, 3.63) is 29.8 Å². The summed E-state index contributed by atoms with van der Waals surface area (Å²) in [6, 6.07) is 6.38. The molecule has 1 aliphatic rings. The maximum Gasteiger partial charge on any atom is 0.336 e. The van der Waals surface area contributed by atoms with Crippen molar-refractivity contribution < 1.29 is 18.9 Å². The molecule has 2 rings (SSSR count). The molecule has 0 aliphatic heterocycles. The number of carbonyl (C=O) groups excluding carboxylic acids is 1. The van der Waals surface area contributed by atoms with Crippen LogP contribution in [-0.4, -0.2) is 44.4 Å².